The summed E-state index contributed by atoms with van der Waals surface area (Å²) < 4.78 is 41.8. The molecule has 0 saturated heterocycles. The Labute approximate surface area is 155 Å². The summed E-state index contributed by atoms with van der Waals surface area (Å²) in [5.74, 6) is 0.0484. The summed E-state index contributed by atoms with van der Waals surface area (Å²) >= 11 is 0. The van der Waals surface area contributed by atoms with Crippen LogP contribution in [0, 0.1) is 0 Å². The van der Waals surface area contributed by atoms with E-state index in [1.807, 2.05) is 24.3 Å². The van der Waals surface area contributed by atoms with E-state index in [0.29, 0.717) is 23.6 Å². The molecule has 0 aromatic heterocycles. The number of nitrogens with one attached hydrogen (secondary N) is 1. The summed E-state index contributed by atoms with van der Waals surface area (Å²) in [5, 5.41) is 2.73. The number of benzene rings is 2. The molecule has 2 aromatic rings. The van der Waals surface area contributed by atoms with E-state index in [0.717, 1.165) is 18.4 Å². The van der Waals surface area contributed by atoms with E-state index in [1.165, 1.54) is 12.1 Å². The van der Waals surface area contributed by atoms with E-state index in [2.05, 4.69) is 21.7 Å². The predicted octanol–water partition coefficient (Wildman–Crippen LogP) is 4.66. The lowest BCUT2D eigenvalue weighted by molar-refractivity contribution is -0.286. The van der Waals surface area contributed by atoms with Crippen molar-refractivity contribution < 1.29 is 27.8 Å². The molecule has 0 spiro atoms. The summed E-state index contributed by atoms with van der Waals surface area (Å²) in [7, 11) is 0. The maximum absolute atomic E-state index is 13.4. The standard InChI is InChI=1S/C20H19F2NO4/c1-2-3-8-25-16-7-5-4-6-12(16)13-10-19(24)23-15-11-18-17(9-14(13)15)26-20(21,22)27-18/h4-7,9,11,13H,2-3,8,10H2,1H3,(H,23,24). The number of halogens is 2. The lowest BCUT2D eigenvalue weighted by Gasteiger charge is -2.27. The minimum absolute atomic E-state index is 0.0377. The maximum atomic E-state index is 13.4. The number of alkyl halides is 2. The Kier molecular flexibility index (Phi) is 4.37. The van der Waals surface area contributed by atoms with Crippen molar-refractivity contribution >= 4 is 11.6 Å². The number of carbonyl (C=O) groups excluding carboxylic acids is 1. The smallest absolute Gasteiger partial charge is 0.493 e. The highest BCUT2D eigenvalue weighted by Gasteiger charge is 2.44. The van der Waals surface area contributed by atoms with Gasteiger partial charge in [-0.15, -0.1) is 8.78 Å². The number of ether oxygens (including phenoxy) is 3. The van der Waals surface area contributed by atoms with Gasteiger partial charge in [0.05, 0.1) is 6.61 Å². The fraction of sp³-hybridized carbons (Fsp3) is 0.350. The molecule has 0 radical (unpaired) electrons. The molecular weight excluding hydrogens is 356 g/mol. The highest BCUT2D eigenvalue weighted by Crippen LogP contribution is 2.49. The molecule has 0 saturated carbocycles. The molecule has 7 heteroatoms. The normalized spacial score (nSPS) is 19.4. The fourth-order valence-electron chi connectivity index (χ4n) is 3.41. The number of amides is 1. The van der Waals surface area contributed by atoms with Gasteiger partial charge in [-0.3, -0.25) is 4.79 Å². The van der Waals surface area contributed by atoms with Crippen molar-refractivity contribution in [2.24, 2.45) is 0 Å². The molecule has 27 heavy (non-hydrogen) atoms. The quantitative estimate of drug-likeness (QED) is 0.772. The first kappa shape index (κ1) is 17.6. The number of carbonyl (C=O) groups is 1. The molecular formula is C20H19F2NO4. The van der Waals surface area contributed by atoms with E-state index in [9.17, 15) is 13.6 Å². The summed E-state index contributed by atoms with van der Waals surface area (Å²) in [6.45, 7) is 2.65. The highest BCUT2D eigenvalue weighted by molar-refractivity contribution is 5.96. The van der Waals surface area contributed by atoms with E-state index in [1.54, 1.807) is 0 Å². The Balaban J connectivity index is 1.73. The Morgan fingerprint density at radius 3 is 2.70 bits per heavy atom. The van der Waals surface area contributed by atoms with Gasteiger partial charge in [0.1, 0.15) is 5.75 Å². The predicted molar refractivity (Wildman–Crippen MR) is 94.6 cm³/mol. The zero-order chi connectivity index (χ0) is 19.0. The molecule has 0 bridgehead atoms. The van der Waals surface area contributed by atoms with E-state index < -0.39 is 6.29 Å². The number of fused-ring (bicyclic) bond motifs is 2. The number of para-hydroxylation sites is 1. The van der Waals surface area contributed by atoms with Gasteiger partial charge in [-0.2, -0.15) is 0 Å². The third kappa shape index (κ3) is 3.41. The van der Waals surface area contributed by atoms with Crippen molar-refractivity contribution in [3.05, 3.63) is 47.5 Å². The van der Waals surface area contributed by atoms with Crippen LogP contribution in [0.4, 0.5) is 14.5 Å². The van der Waals surface area contributed by atoms with Crippen molar-refractivity contribution in [1.29, 1.82) is 0 Å². The van der Waals surface area contributed by atoms with Crippen LogP contribution in [0.2, 0.25) is 0 Å². The number of hydrogen-bond donors (Lipinski definition) is 1. The molecule has 2 aliphatic rings. The average molecular weight is 375 g/mol. The molecule has 2 aromatic carbocycles. The molecule has 0 aliphatic carbocycles. The Morgan fingerprint density at radius 2 is 1.93 bits per heavy atom. The van der Waals surface area contributed by atoms with Crippen molar-refractivity contribution in [2.75, 3.05) is 11.9 Å². The molecule has 1 atom stereocenters. The number of hydrogen-bond acceptors (Lipinski definition) is 4. The fourth-order valence-corrected chi connectivity index (χ4v) is 3.41. The summed E-state index contributed by atoms with van der Waals surface area (Å²) in [6.07, 6.45) is -1.58. The Bertz CT molecular complexity index is 884. The third-order valence-corrected chi connectivity index (χ3v) is 4.66. The Morgan fingerprint density at radius 1 is 1.19 bits per heavy atom. The molecule has 1 unspecified atom stereocenters. The van der Waals surface area contributed by atoms with Crippen LogP contribution < -0.4 is 19.5 Å². The van der Waals surface area contributed by atoms with Crippen LogP contribution in [0.3, 0.4) is 0 Å². The van der Waals surface area contributed by atoms with Crippen LogP contribution in [0.1, 0.15) is 43.2 Å². The van der Waals surface area contributed by atoms with Gasteiger partial charge < -0.3 is 19.5 Å². The second-order valence-electron chi connectivity index (χ2n) is 6.60. The van der Waals surface area contributed by atoms with Crippen LogP contribution in [0.25, 0.3) is 0 Å². The number of unbranched alkanes of at least 4 members (excludes halogenated alkanes) is 1. The van der Waals surface area contributed by atoms with Crippen LogP contribution in [-0.4, -0.2) is 18.8 Å². The molecule has 1 amide bonds. The van der Waals surface area contributed by atoms with Crippen LogP contribution >= 0.6 is 0 Å². The lowest BCUT2D eigenvalue weighted by Crippen LogP contribution is -2.25. The maximum Gasteiger partial charge on any atom is 0.586 e. The van der Waals surface area contributed by atoms with Crippen molar-refractivity contribution in [3.8, 4) is 17.2 Å². The minimum Gasteiger partial charge on any atom is -0.493 e. The van der Waals surface area contributed by atoms with E-state index >= 15 is 0 Å². The molecule has 5 nitrogen and oxygen atoms in total. The lowest BCUT2D eigenvalue weighted by atomic mass is 9.84. The van der Waals surface area contributed by atoms with Gasteiger partial charge in [-0.1, -0.05) is 31.5 Å². The second-order valence-corrected chi connectivity index (χ2v) is 6.60. The van der Waals surface area contributed by atoms with Gasteiger partial charge in [-0.05, 0) is 24.1 Å². The molecule has 2 heterocycles. The third-order valence-electron chi connectivity index (χ3n) is 4.66. The molecule has 2 aliphatic heterocycles. The van der Waals surface area contributed by atoms with E-state index in [4.69, 9.17) is 4.74 Å². The van der Waals surface area contributed by atoms with Gasteiger partial charge in [-0.25, -0.2) is 0 Å². The summed E-state index contributed by atoms with van der Waals surface area (Å²) in [4.78, 5) is 12.2. The van der Waals surface area contributed by atoms with Crippen LogP contribution in [0.5, 0.6) is 17.2 Å². The average Bonchev–Trinajstić information content (AvgIpc) is 2.92. The molecule has 142 valence electrons. The van der Waals surface area contributed by atoms with Gasteiger partial charge in [0.15, 0.2) is 11.5 Å². The monoisotopic (exact) mass is 375 g/mol. The second kappa shape index (κ2) is 6.72. The zero-order valence-corrected chi connectivity index (χ0v) is 14.8. The minimum atomic E-state index is -3.70. The van der Waals surface area contributed by atoms with Crippen LogP contribution in [0.15, 0.2) is 36.4 Å². The summed E-state index contributed by atoms with van der Waals surface area (Å²) in [6, 6.07) is 10.4. The van der Waals surface area contributed by atoms with E-state index in [-0.39, 0.29) is 29.7 Å². The molecule has 0 fully saturated rings. The largest absolute Gasteiger partial charge is 0.586 e. The van der Waals surface area contributed by atoms with Gasteiger partial charge >= 0.3 is 6.29 Å². The van der Waals surface area contributed by atoms with Crippen LogP contribution in [-0.2, 0) is 4.79 Å². The first-order valence-corrected chi connectivity index (χ1v) is 8.92. The first-order chi connectivity index (χ1) is 13.0. The van der Waals surface area contributed by atoms with Gasteiger partial charge in [0, 0.05) is 29.7 Å². The number of rotatable bonds is 5. The zero-order valence-electron chi connectivity index (χ0n) is 14.8. The van der Waals surface area contributed by atoms with Crippen molar-refractivity contribution in [2.45, 2.75) is 38.4 Å². The SMILES string of the molecule is CCCCOc1ccccc1C1CC(=O)Nc2cc3c(cc21)OC(F)(F)O3. The van der Waals surface area contributed by atoms with Gasteiger partial charge in [0.2, 0.25) is 5.91 Å². The number of anilines is 1. The Hall–Kier alpha value is -2.83. The summed E-state index contributed by atoms with van der Waals surface area (Å²) in [5.41, 5.74) is 1.98. The topological polar surface area (TPSA) is 56.8 Å². The van der Waals surface area contributed by atoms with Crippen molar-refractivity contribution in [3.63, 3.8) is 0 Å². The highest BCUT2D eigenvalue weighted by atomic mass is 19.3. The first-order valence-electron chi connectivity index (χ1n) is 8.92. The molecule has 1 N–H and O–H groups in total. The molecule has 4 rings (SSSR count). The van der Waals surface area contributed by atoms with Gasteiger partial charge in [0.25, 0.3) is 0 Å². The van der Waals surface area contributed by atoms with Crippen molar-refractivity contribution in [1.82, 2.24) is 0 Å².